The average molecular weight is 288 g/mol. The van der Waals surface area contributed by atoms with Crippen molar-refractivity contribution >= 4 is 0 Å². The third-order valence-corrected chi connectivity index (χ3v) is 3.74. The molecule has 0 saturated carbocycles. The maximum Gasteiger partial charge on any atom is 0.190 e. The van der Waals surface area contributed by atoms with Crippen LogP contribution in [0.4, 0.5) is 0 Å². The number of rotatable bonds is 3. The summed E-state index contributed by atoms with van der Waals surface area (Å²) in [4.78, 5) is 0. The normalized spacial score (nSPS) is 45.1. The Morgan fingerprint density at radius 2 is 1.45 bits per heavy atom. The zero-order valence-corrected chi connectivity index (χ0v) is 12.8. The van der Waals surface area contributed by atoms with Gasteiger partial charge in [0.05, 0.1) is 6.61 Å². The molecule has 0 radical (unpaired) electrons. The quantitative estimate of drug-likeness (QED) is 0.783. The fourth-order valence-corrected chi connectivity index (χ4v) is 3.06. The molecule has 0 aromatic heterocycles. The van der Waals surface area contributed by atoms with Crippen LogP contribution in [-0.4, -0.2) is 55.5 Å². The molecule has 0 amide bonds. The van der Waals surface area contributed by atoms with E-state index < -0.39 is 17.9 Å². The second kappa shape index (κ2) is 4.90. The van der Waals surface area contributed by atoms with Crippen molar-refractivity contribution in [1.82, 2.24) is 0 Å². The van der Waals surface area contributed by atoms with E-state index in [2.05, 4.69) is 0 Å². The SMILES string of the molecule is CCOCC1OC2OC(C)(C)OC2C2OC(C)(C)OC12. The Bertz CT molecular complexity index is 369. The van der Waals surface area contributed by atoms with Crippen LogP contribution >= 0.6 is 0 Å². The summed E-state index contributed by atoms with van der Waals surface area (Å²) in [7, 11) is 0. The Hall–Kier alpha value is -0.240. The summed E-state index contributed by atoms with van der Waals surface area (Å²) >= 11 is 0. The lowest BCUT2D eigenvalue weighted by Crippen LogP contribution is -2.56. The van der Waals surface area contributed by atoms with Gasteiger partial charge in [-0.1, -0.05) is 0 Å². The van der Waals surface area contributed by atoms with Gasteiger partial charge in [0.1, 0.15) is 24.4 Å². The van der Waals surface area contributed by atoms with Gasteiger partial charge in [0.15, 0.2) is 17.9 Å². The molecule has 3 fully saturated rings. The fraction of sp³-hybridized carbons (Fsp3) is 1.00. The highest BCUT2D eigenvalue weighted by atomic mass is 16.9. The van der Waals surface area contributed by atoms with E-state index in [0.29, 0.717) is 13.2 Å². The molecule has 3 saturated heterocycles. The molecule has 6 heteroatoms. The molecule has 0 N–H and O–H groups in total. The van der Waals surface area contributed by atoms with Crippen LogP contribution in [0.3, 0.4) is 0 Å². The Kier molecular flexibility index (Phi) is 3.60. The van der Waals surface area contributed by atoms with Gasteiger partial charge in [0, 0.05) is 6.61 Å². The minimum Gasteiger partial charge on any atom is -0.379 e. The average Bonchev–Trinajstić information content (AvgIpc) is 2.80. The lowest BCUT2D eigenvalue weighted by Gasteiger charge is -2.37. The van der Waals surface area contributed by atoms with Gasteiger partial charge in [-0.05, 0) is 34.6 Å². The van der Waals surface area contributed by atoms with Crippen LogP contribution in [0.15, 0.2) is 0 Å². The molecular formula is C14H24O6. The molecule has 5 atom stereocenters. The second-order valence-corrected chi connectivity index (χ2v) is 6.37. The van der Waals surface area contributed by atoms with E-state index in [9.17, 15) is 0 Å². The van der Waals surface area contributed by atoms with Crippen LogP contribution in [0.2, 0.25) is 0 Å². The second-order valence-electron chi connectivity index (χ2n) is 6.37. The molecule has 0 aliphatic carbocycles. The third kappa shape index (κ3) is 2.61. The van der Waals surface area contributed by atoms with Crippen LogP contribution in [0.25, 0.3) is 0 Å². The van der Waals surface area contributed by atoms with Crippen molar-refractivity contribution in [3.8, 4) is 0 Å². The molecule has 6 nitrogen and oxygen atoms in total. The van der Waals surface area contributed by atoms with Crippen molar-refractivity contribution in [2.75, 3.05) is 13.2 Å². The molecule has 0 bridgehead atoms. The van der Waals surface area contributed by atoms with Gasteiger partial charge >= 0.3 is 0 Å². The summed E-state index contributed by atoms with van der Waals surface area (Å²) in [6.07, 6.45) is -1.31. The lowest BCUT2D eigenvalue weighted by molar-refractivity contribution is -0.242. The Morgan fingerprint density at radius 3 is 2.15 bits per heavy atom. The van der Waals surface area contributed by atoms with Crippen LogP contribution in [0, 0.1) is 0 Å². The van der Waals surface area contributed by atoms with E-state index in [1.54, 1.807) is 0 Å². The molecule has 5 unspecified atom stereocenters. The summed E-state index contributed by atoms with van der Waals surface area (Å²) in [5.41, 5.74) is 0. The maximum atomic E-state index is 6.01. The molecule has 3 rings (SSSR count). The van der Waals surface area contributed by atoms with Crippen LogP contribution < -0.4 is 0 Å². The predicted octanol–water partition coefficient (Wildman–Crippen LogP) is 1.42. The van der Waals surface area contributed by atoms with Gasteiger partial charge in [-0.3, -0.25) is 0 Å². The van der Waals surface area contributed by atoms with Crippen molar-refractivity contribution in [3.05, 3.63) is 0 Å². The third-order valence-electron chi connectivity index (χ3n) is 3.74. The Morgan fingerprint density at radius 1 is 0.850 bits per heavy atom. The zero-order chi connectivity index (χ0) is 14.5. The summed E-state index contributed by atoms with van der Waals surface area (Å²) in [6, 6.07) is 0. The highest BCUT2D eigenvalue weighted by Crippen LogP contribution is 2.44. The Balaban J connectivity index is 1.80. The molecule has 116 valence electrons. The van der Waals surface area contributed by atoms with Crippen LogP contribution in [0.5, 0.6) is 0 Å². The summed E-state index contributed by atoms with van der Waals surface area (Å²) < 4.78 is 35.2. The fourth-order valence-electron chi connectivity index (χ4n) is 3.06. The molecule has 20 heavy (non-hydrogen) atoms. The smallest absolute Gasteiger partial charge is 0.190 e. The van der Waals surface area contributed by atoms with Crippen molar-refractivity contribution in [1.29, 1.82) is 0 Å². The standard InChI is InChI=1S/C14H24O6/c1-6-15-7-8-9-10(18-13(2,3)17-9)11-12(16-8)20-14(4,5)19-11/h8-12H,6-7H2,1-5H3. The molecule has 0 spiro atoms. The highest BCUT2D eigenvalue weighted by molar-refractivity contribution is 4.99. The minimum absolute atomic E-state index is 0.198. The van der Waals surface area contributed by atoms with E-state index in [1.807, 2.05) is 34.6 Å². The summed E-state index contributed by atoms with van der Waals surface area (Å²) in [5, 5.41) is 0. The van der Waals surface area contributed by atoms with Crippen LogP contribution in [0.1, 0.15) is 34.6 Å². The van der Waals surface area contributed by atoms with Gasteiger partial charge < -0.3 is 28.4 Å². The first-order valence-electron chi connectivity index (χ1n) is 7.26. The van der Waals surface area contributed by atoms with Gasteiger partial charge in [0.2, 0.25) is 0 Å². The van der Waals surface area contributed by atoms with Crippen LogP contribution in [-0.2, 0) is 28.4 Å². The number of hydrogen-bond donors (Lipinski definition) is 0. The summed E-state index contributed by atoms with van der Waals surface area (Å²) in [6.45, 7) is 10.6. The molecule has 3 aliphatic heterocycles. The van der Waals surface area contributed by atoms with Gasteiger partial charge in [-0.15, -0.1) is 0 Å². The van der Waals surface area contributed by atoms with Crippen molar-refractivity contribution in [2.24, 2.45) is 0 Å². The van der Waals surface area contributed by atoms with E-state index in [4.69, 9.17) is 28.4 Å². The summed E-state index contributed by atoms with van der Waals surface area (Å²) in [5.74, 6) is -1.31. The number of fused-ring (bicyclic) bond motifs is 3. The zero-order valence-electron chi connectivity index (χ0n) is 12.8. The molecule has 0 aromatic carbocycles. The Labute approximate surface area is 119 Å². The molecular weight excluding hydrogens is 264 g/mol. The predicted molar refractivity (Wildman–Crippen MR) is 69.0 cm³/mol. The first kappa shape index (κ1) is 14.7. The van der Waals surface area contributed by atoms with E-state index in [1.165, 1.54) is 0 Å². The van der Waals surface area contributed by atoms with E-state index in [-0.39, 0.29) is 24.4 Å². The molecule has 0 aromatic rings. The minimum atomic E-state index is -0.670. The van der Waals surface area contributed by atoms with Crippen molar-refractivity contribution < 1.29 is 28.4 Å². The van der Waals surface area contributed by atoms with Gasteiger partial charge in [0.25, 0.3) is 0 Å². The molecule has 3 aliphatic rings. The number of hydrogen-bond acceptors (Lipinski definition) is 6. The first-order chi connectivity index (χ1) is 9.31. The van der Waals surface area contributed by atoms with Crippen molar-refractivity contribution in [2.45, 2.75) is 76.9 Å². The van der Waals surface area contributed by atoms with E-state index in [0.717, 1.165) is 0 Å². The molecule has 3 heterocycles. The first-order valence-corrected chi connectivity index (χ1v) is 7.26. The lowest BCUT2D eigenvalue weighted by atomic mass is 9.99. The monoisotopic (exact) mass is 288 g/mol. The topological polar surface area (TPSA) is 55.4 Å². The van der Waals surface area contributed by atoms with Crippen molar-refractivity contribution in [3.63, 3.8) is 0 Å². The highest BCUT2D eigenvalue weighted by Gasteiger charge is 2.60. The largest absolute Gasteiger partial charge is 0.379 e. The van der Waals surface area contributed by atoms with Gasteiger partial charge in [-0.25, -0.2) is 0 Å². The number of ether oxygens (including phenoxy) is 6. The van der Waals surface area contributed by atoms with Gasteiger partial charge in [-0.2, -0.15) is 0 Å². The van der Waals surface area contributed by atoms with E-state index >= 15 is 0 Å². The maximum absolute atomic E-state index is 6.01.